The maximum absolute atomic E-state index is 13.2. The fraction of sp³-hybridized carbons (Fsp3) is 0.227. The SMILES string of the molecule is CCN(c1ccccc1)S(=O)(=O)c1ccc(Cl)c(C(=O)OC/C(O)=C(\C(C)=N)C(C)=O)c1. The van der Waals surface area contributed by atoms with Crippen LogP contribution in [0.15, 0.2) is 64.8 Å². The van der Waals surface area contributed by atoms with Gasteiger partial charge in [-0.15, -0.1) is 0 Å². The summed E-state index contributed by atoms with van der Waals surface area (Å²) in [6.45, 7) is 3.64. The van der Waals surface area contributed by atoms with Crippen LogP contribution in [-0.4, -0.2) is 44.1 Å². The Hall–Kier alpha value is -3.17. The number of ketones is 1. The van der Waals surface area contributed by atoms with Crippen LogP contribution in [0.1, 0.15) is 31.1 Å². The molecule has 0 aliphatic rings. The summed E-state index contributed by atoms with van der Waals surface area (Å²) in [6, 6.07) is 12.1. The van der Waals surface area contributed by atoms with Gasteiger partial charge in [0.2, 0.25) is 0 Å². The van der Waals surface area contributed by atoms with E-state index in [1.54, 1.807) is 37.3 Å². The van der Waals surface area contributed by atoms with Gasteiger partial charge in [0.05, 0.1) is 26.7 Å². The quantitative estimate of drug-likeness (QED) is 0.241. The molecule has 0 aliphatic carbocycles. The van der Waals surface area contributed by atoms with Gasteiger partial charge in [-0.3, -0.25) is 9.10 Å². The Morgan fingerprint density at radius 3 is 2.28 bits per heavy atom. The highest BCUT2D eigenvalue weighted by Crippen LogP contribution is 2.27. The molecule has 2 aromatic rings. The molecule has 2 aromatic carbocycles. The fourth-order valence-electron chi connectivity index (χ4n) is 3.00. The van der Waals surface area contributed by atoms with Gasteiger partial charge in [-0.1, -0.05) is 29.8 Å². The number of esters is 1. The number of anilines is 1. The lowest BCUT2D eigenvalue weighted by Gasteiger charge is -2.23. The third-order valence-corrected chi connectivity index (χ3v) is 6.66. The van der Waals surface area contributed by atoms with Crippen LogP contribution in [0, 0.1) is 5.41 Å². The van der Waals surface area contributed by atoms with Gasteiger partial charge in [0.15, 0.2) is 5.78 Å². The van der Waals surface area contributed by atoms with Crippen LogP contribution in [-0.2, 0) is 19.6 Å². The summed E-state index contributed by atoms with van der Waals surface area (Å²) in [6.07, 6.45) is 0. The average Bonchev–Trinajstić information content (AvgIpc) is 2.72. The van der Waals surface area contributed by atoms with E-state index in [2.05, 4.69) is 0 Å². The number of nitrogens with one attached hydrogen (secondary N) is 1. The van der Waals surface area contributed by atoms with E-state index in [1.165, 1.54) is 30.3 Å². The van der Waals surface area contributed by atoms with E-state index in [1.807, 2.05) is 0 Å². The normalized spacial score (nSPS) is 12.0. The second kappa shape index (κ2) is 10.4. The minimum atomic E-state index is -4.01. The Kier molecular flexibility index (Phi) is 8.18. The van der Waals surface area contributed by atoms with Gasteiger partial charge in [0.1, 0.15) is 12.4 Å². The Bertz CT molecular complexity index is 1160. The molecule has 0 heterocycles. The molecule has 0 unspecified atom stereocenters. The number of nitrogens with zero attached hydrogens (tertiary/aromatic N) is 1. The molecule has 0 aromatic heterocycles. The number of aliphatic hydroxyl groups is 1. The number of sulfonamides is 1. The first-order valence-electron chi connectivity index (χ1n) is 9.53. The minimum absolute atomic E-state index is 0.0461. The van der Waals surface area contributed by atoms with E-state index in [0.29, 0.717) is 5.69 Å². The number of halogens is 1. The number of Topliss-reactive ketones (excluding diaryl/α,β-unsaturated/α-hetero) is 1. The van der Waals surface area contributed by atoms with Crippen LogP contribution in [0.4, 0.5) is 5.69 Å². The van der Waals surface area contributed by atoms with E-state index in [4.69, 9.17) is 21.7 Å². The molecular weight excluding hydrogens is 456 g/mol. The van der Waals surface area contributed by atoms with Crippen LogP contribution in [0.5, 0.6) is 0 Å². The number of carbonyl (C=O) groups excluding carboxylic acids is 2. The van der Waals surface area contributed by atoms with Gasteiger partial charge in [-0.2, -0.15) is 0 Å². The smallest absolute Gasteiger partial charge is 0.340 e. The van der Waals surface area contributed by atoms with Crippen LogP contribution in [0.2, 0.25) is 5.02 Å². The predicted molar refractivity (Wildman–Crippen MR) is 122 cm³/mol. The molecule has 0 fully saturated rings. The molecule has 8 nitrogen and oxygen atoms in total. The second-order valence-electron chi connectivity index (χ2n) is 6.73. The lowest BCUT2D eigenvalue weighted by molar-refractivity contribution is -0.113. The maximum atomic E-state index is 13.2. The molecule has 0 radical (unpaired) electrons. The van der Waals surface area contributed by atoms with Gasteiger partial charge < -0.3 is 15.3 Å². The van der Waals surface area contributed by atoms with Crippen molar-refractivity contribution in [1.29, 1.82) is 5.41 Å². The van der Waals surface area contributed by atoms with E-state index in [-0.39, 0.29) is 33.3 Å². The van der Waals surface area contributed by atoms with Crippen molar-refractivity contribution in [3.8, 4) is 0 Å². The molecule has 2 N–H and O–H groups in total. The van der Waals surface area contributed by atoms with Crippen molar-refractivity contribution in [2.24, 2.45) is 0 Å². The highest BCUT2D eigenvalue weighted by atomic mass is 35.5. The monoisotopic (exact) mass is 478 g/mol. The number of ether oxygens (including phenoxy) is 1. The van der Waals surface area contributed by atoms with Crippen molar-refractivity contribution < 1.29 is 27.9 Å². The number of allylic oxidation sites excluding steroid dienone is 1. The largest absolute Gasteiger partial charge is 0.508 e. The maximum Gasteiger partial charge on any atom is 0.340 e. The Labute approximate surface area is 191 Å². The zero-order valence-electron chi connectivity index (χ0n) is 17.8. The van der Waals surface area contributed by atoms with Crippen molar-refractivity contribution in [2.75, 3.05) is 17.5 Å². The Morgan fingerprint density at radius 2 is 1.75 bits per heavy atom. The molecule has 0 bridgehead atoms. The summed E-state index contributed by atoms with van der Waals surface area (Å²) in [5, 5.41) is 17.5. The summed E-state index contributed by atoms with van der Waals surface area (Å²) in [5.74, 6) is -2.14. The third-order valence-electron chi connectivity index (χ3n) is 4.43. The summed E-state index contributed by atoms with van der Waals surface area (Å²) >= 11 is 6.08. The van der Waals surface area contributed by atoms with E-state index < -0.39 is 34.1 Å². The van der Waals surface area contributed by atoms with Gasteiger partial charge in [0.25, 0.3) is 10.0 Å². The number of hydrogen-bond donors (Lipinski definition) is 2. The molecule has 0 saturated heterocycles. The number of hydrogen-bond acceptors (Lipinski definition) is 7. The van der Waals surface area contributed by atoms with Crippen molar-refractivity contribution in [3.05, 3.63) is 70.4 Å². The van der Waals surface area contributed by atoms with Crippen LogP contribution in [0.3, 0.4) is 0 Å². The molecular formula is C22H23ClN2O6S. The Balaban J connectivity index is 2.36. The first-order valence-corrected chi connectivity index (χ1v) is 11.4. The number of aliphatic hydroxyl groups excluding tert-OH is 1. The topological polar surface area (TPSA) is 125 Å². The molecule has 2 rings (SSSR count). The summed E-state index contributed by atoms with van der Waals surface area (Å²) in [4.78, 5) is 23.9. The van der Waals surface area contributed by atoms with Crippen molar-refractivity contribution >= 4 is 44.8 Å². The van der Waals surface area contributed by atoms with Crippen molar-refractivity contribution in [1.82, 2.24) is 0 Å². The molecule has 0 saturated carbocycles. The lowest BCUT2D eigenvalue weighted by atomic mass is 10.1. The summed E-state index contributed by atoms with van der Waals surface area (Å²) in [7, 11) is -4.01. The molecule has 170 valence electrons. The number of para-hydroxylation sites is 1. The molecule has 10 heteroatoms. The second-order valence-corrected chi connectivity index (χ2v) is 9.00. The number of carbonyl (C=O) groups is 2. The van der Waals surface area contributed by atoms with E-state index in [9.17, 15) is 23.1 Å². The minimum Gasteiger partial charge on any atom is -0.508 e. The standard InChI is InChI=1S/C22H23ClN2O6S/c1-4-25(16-8-6-5-7-9-16)32(29,30)17-10-11-19(23)18(12-17)22(28)31-13-20(27)21(14(2)24)15(3)26/h5-12,24,27H,4,13H2,1-3H3/b21-20-,24-14?. The first-order chi connectivity index (χ1) is 15.0. The van der Waals surface area contributed by atoms with Crippen molar-refractivity contribution in [3.63, 3.8) is 0 Å². The van der Waals surface area contributed by atoms with Crippen LogP contribution >= 0.6 is 11.6 Å². The van der Waals surface area contributed by atoms with Gasteiger partial charge in [-0.05, 0) is 51.1 Å². The van der Waals surface area contributed by atoms with Crippen LogP contribution < -0.4 is 4.31 Å². The van der Waals surface area contributed by atoms with E-state index in [0.717, 1.165) is 6.07 Å². The van der Waals surface area contributed by atoms with Gasteiger partial charge in [0, 0.05) is 12.3 Å². The number of benzene rings is 2. The van der Waals surface area contributed by atoms with Gasteiger partial charge in [-0.25, -0.2) is 13.2 Å². The highest BCUT2D eigenvalue weighted by molar-refractivity contribution is 7.92. The van der Waals surface area contributed by atoms with Crippen LogP contribution in [0.25, 0.3) is 0 Å². The predicted octanol–water partition coefficient (Wildman–Crippen LogP) is 4.15. The first kappa shape index (κ1) is 25.1. The third kappa shape index (κ3) is 5.54. The lowest BCUT2D eigenvalue weighted by Crippen LogP contribution is -2.30. The summed E-state index contributed by atoms with van der Waals surface area (Å²) < 4.78 is 32.5. The molecule has 32 heavy (non-hydrogen) atoms. The van der Waals surface area contributed by atoms with Gasteiger partial charge >= 0.3 is 5.97 Å². The van der Waals surface area contributed by atoms with E-state index >= 15 is 0 Å². The molecule has 0 spiro atoms. The molecule has 0 aliphatic heterocycles. The zero-order chi connectivity index (χ0) is 24.1. The van der Waals surface area contributed by atoms with Crippen molar-refractivity contribution in [2.45, 2.75) is 25.7 Å². The molecule has 0 amide bonds. The zero-order valence-corrected chi connectivity index (χ0v) is 19.3. The number of rotatable bonds is 9. The molecule has 0 atom stereocenters. The Morgan fingerprint density at radius 1 is 1.12 bits per heavy atom. The summed E-state index contributed by atoms with van der Waals surface area (Å²) in [5.41, 5.74) is -0.206. The fourth-order valence-corrected chi connectivity index (χ4v) is 4.70. The highest BCUT2D eigenvalue weighted by Gasteiger charge is 2.26. The average molecular weight is 479 g/mol.